The summed E-state index contributed by atoms with van der Waals surface area (Å²) in [7, 11) is 0. The zero-order chi connectivity index (χ0) is 14.1. The van der Waals surface area contributed by atoms with Gasteiger partial charge in [0.25, 0.3) is 0 Å². The third kappa shape index (κ3) is 3.61. The molecule has 0 unspecified atom stereocenters. The normalized spacial score (nSPS) is 24.5. The number of aliphatic carboxylic acids is 1. The van der Waals surface area contributed by atoms with Gasteiger partial charge in [0.15, 0.2) is 0 Å². The first-order valence-electron chi connectivity index (χ1n) is 7.11. The van der Waals surface area contributed by atoms with E-state index in [0.717, 1.165) is 25.7 Å². The molecule has 0 aliphatic heterocycles. The Morgan fingerprint density at radius 2 is 1.74 bits per heavy atom. The average molecular weight is 268 g/mol. The lowest BCUT2D eigenvalue weighted by atomic mass is 9.76. The Hall–Kier alpha value is -1.26. The molecule has 0 aromatic carbocycles. The molecule has 0 bridgehead atoms. The van der Waals surface area contributed by atoms with Crippen LogP contribution in [0.25, 0.3) is 0 Å². The number of amides is 2. The van der Waals surface area contributed by atoms with Crippen molar-refractivity contribution in [1.82, 2.24) is 10.6 Å². The van der Waals surface area contributed by atoms with E-state index in [1.54, 1.807) is 0 Å². The average Bonchev–Trinajstić information content (AvgIpc) is 3.11. The van der Waals surface area contributed by atoms with Gasteiger partial charge in [-0.15, -0.1) is 0 Å². The number of carbonyl (C=O) groups excluding carboxylic acids is 1. The summed E-state index contributed by atoms with van der Waals surface area (Å²) in [6.07, 6.45) is 5.59. The summed E-state index contributed by atoms with van der Waals surface area (Å²) >= 11 is 0. The maximum atomic E-state index is 11.8. The Kier molecular flexibility index (Phi) is 3.74. The highest BCUT2D eigenvalue weighted by atomic mass is 16.4. The maximum absolute atomic E-state index is 11.8. The van der Waals surface area contributed by atoms with Gasteiger partial charge in [0.2, 0.25) is 0 Å². The zero-order valence-electron chi connectivity index (χ0n) is 11.8. The predicted molar refractivity (Wildman–Crippen MR) is 71.9 cm³/mol. The lowest BCUT2D eigenvalue weighted by Gasteiger charge is -2.34. The monoisotopic (exact) mass is 268 g/mol. The summed E-state index contributed by atoms with van der Waals surface area (Å²) in [4.78, 5) is 22.7. The number of nitrogens with one attached hydrogen (secondary N) is 2. The van der Waals surface area contributed by atoms with Crippen molar-refractivity contribution in [2.45, 2.75) is 58.4 Å². The van der Waals surface area contributed by atoms with Gasteiger partial charge >= 0.3 is 12.0 Å². The lowest BCUT2D eigenvalue weighted by Crippen LogP contribution is -2.46. The first kappa shape index (κ1) is 14.2. The molecule has 5 nitrogen and oxygen atoms in total. The smallest absolute Gasteiger partial charge is 0.315 e. The molecule has 0 spiro atoms. The Labute approximate surface area is 114 Å². The van der Waals surface area contributed by atoms with Crippen molar-refractivity contribution in [1.29, 1.82) is 0 Å². The number of hydrogen-bond donors (Lipinski definition) is 3. The second-order valence-electron chi connectivity index (χ2n) is 6.85. The molecule has 3 N–H and O–H groups in total. The maximum Gasteiger partial charge on any atom is 0.315 e. The minimum atomic E-state index is -0.799. The Morgan fingerprint density at radius 1 is 1.16 bits per heavy atom. The van der Waals surface area contributed by atoms with Crippen LogP contribution in [0.4, 0.5) is 4.79 Å². The highest BCUT2D eigenvalue weighted by Gasteiger charge is 2.50. The van der Waals surface area contributed by atoms with Crippen LogP contribution in [0.3, 0.4) is 0 Å². The summed E-state index contributed by atoms with van der Waals surface area (Å²) < 4.78 is 0. The molecule has 2 rings (SSSR count). The van der Waals surface area contributed by atoms with E-state index in [1.807, 2.05) is 0 Å². The molecule has 2 aliphatic rings. The van der Waals surface area contributed by atoms with Gasteiger partial charge in [-0.05, 0) is 43.9 Å². The Morgan fingerprint density at radius 3 is 2.21 bits per heavy atom. The van der Waals surface area contributed by atoms with E-state index in [-0.39, 0.29) is 18.6 Å². The largest absolute Gasteiger partial charge is 0.481 e. The van der Waals surface area contributed by atoms with E-state index in [2.05, 4.69) is 24.5 Å². The molecule has 0 atom stereocenters. The summed E-state index contributed by atoms with van der Waals surface area (Å²) in [6, 6.07) is 0.00485. The molecule has 19 heavy (non-hydrogen) atoms. The predicted octanol–water partition coefficient (Wildman–Crippen LogP) is 2.12. The summed E-state index contributed by atoms with van der Waals surface area (Å²) in [5.41, 5.74) is -0.304. The lowest BCUT2D eigenvalue weighted by molar-refractivity contribution is -0.143. The molecular weight excluding hydrogens is 244 g/mol. The van der Waals surface area contributed by atoms with Crippen LogP contribution in [0, 0.1) is 10.8 Å². The van der Waals surface area contributed by atoms with Gasteiger partial charge in [-0.2, -0.15) is 0 Å². The van der Waals surface area contributed by atoms with Gasteiger partial charge in [-0.1, -0.05) is 13.8 Å². The van der Waals surface area contributed by atoms with Gasteiger partial charge in [0, 0.05) is 12.6 Å². The van der Waals surface area contributed by atoms with E-state index in [9.17, 15) is 9.59 Å². The highest BCUT2D eigenvalue weighted by Crippen LogP contribution is 2.45. The minimum Gasteiger partial charge on any atom is -0.481 e. The molecule has 2 aliphatic carbocycles. The topological polar surface area (TPSA) is 78.4 Å². The number of hydrogen-bond acceptors (Lipinski definition) is 2. The fourth-order valence-corrected chi connectivity index (χ4v) is 2.65. The number of carboxylic acid groups (broad SMARTS) is 1. The molecule has 108 valence electrons. The molecule has 2 fully saturated rings. The standard InChI is InChI=1S/C14H24N2O3/c1-13(2)5-3-10(4-6-13)16-12(19)15-9-14(7-8-14)11(17)18/h10H,3-9H2,1-2H3,(H,17,18)(H2,15,16,19). The Balaban J connectivity index is 1.69. The van der Waals surface area contributed by atoms with Gasteiger partial charge in [0.1, 0.15) is 0 Å². The summed E-state index contributed by atoms with van der Waals surface area (Å²) in [6.45, 7) is 4.76. The fraction of sp³-hybridized carbons (Fsp3) is 0.857. The van der Waals surface area contributed by atoms with Crippen LogP contribution in [0.5, 0.6) is 0 Å². The van der Waals surface area contributed by atoms with E-state index in [4.69, 9.17) is 5.11 Å². The van der Waals surface area contributed by atoms with Gasteiger partial charge in [0.05, 0.1) is 5.41 Å². The van der Waals surface area contributed by atoms with Gasteiger partial charge in [-0.3, -0.25) is 4.79 Å². The highest BCUT2D eigenvalue weighted by molar-refractivity contribution is 5.80. The van der Waals surface area contributed by atoms with Gasteiger partial charge < -0.3 is 15.7 Å². The van der Waals surface area contributed by atoms with E-state index in [0.29, 0.717) is 18.3 Å². The third-order valence-corrected chi connectivity index (χ3v) is 4.57. The van der Waals surface area contributed by atoms with Crippen molar-refractivity contribution >= 4 is 12.0 Å². The number of carbonyl (C=O) groups is 2. The summed E-state index contributed by atoms with van der Waals surface area (Å²) in [5.74, 6) is -0.799. The molecule has 2 amide bonds. The van der Waals surface area contributed by atoms with E-state index >= 15 is 0 Å². The third-order valence-electron chi connectivity index (χ3n) is 4.57. The van der Waals surface area contributed by atoms with Crippen molar-refractivity contribution in [3.63, 3.8) is 0 Å². The molecule has 0 radical (unpaired) electrons. The minimum absolute atomic E-state index is 0.225. The SMILES string of the molecule is CC1(C)CCC(NC(=O)NCC2(C(=O)O)CC2)CC1. The van der Waals surface area contributed by atoms with Crippen molar-refractivity contribution in [2.24, 2.45) is 10.8 Å². The molecule has 2 saturated carbocycles. The number of carboxylic acids is 1. The van der Waals surface area contributed by atoms with Crippen LogP contribution >= 0.6 is 0 Å². The van der Waals surface area contributed by atoms with Gasteiger partial charge in [-0.25, -0.2) is 4.79 Å². The van der Waals surface area contributed by atoms with Crippen molar-refractivity contribution in [2.75, 3.05) is 6.54 Å². The second-order valence-corrected chi connectivity index (χ2v) is 6.85. The quantitative estimate of drug-likeness (QED) is 0.730. The van der Waals surface area contributed by atoms with Crippen molar-refractivity contribution in [3.8, 4) is 0 Å². The van der Waals surface area contributed by atoms with Crippen LogP contribution in [-0.4, -0.2) is 29.7 Å². The van der Waals surface area contributed by atoms with E-state index < -0.39 is 11.4 Å². The van der Waals surface area contributed by atoms with Crippen LogP contribution in [0.2, 0.25) is 0 Å². The van der Waals surface area contributed by atoms with Crippen LogP contribution < -0.4 is 10.6 Å². The molecule has 5 heteroatoms. The molecule has 0 heterocycles. The summed E-state index contributed by atoms with van der Waals surface area (Å²) in [5, 5.41) is 14.7. The van der Waals surface area contributed by atoms with Crippen molar-refractivity contribution < 1.29 is 14.7 Å². The van der Waals surface area contributed by atoms with Crippen LogP contribution in [0.15, 0.2) is 0 Å². The number of urea groups is 1. The first-order valence-corrected chi connectivity index (χ1v) is 7.11. The van der Waals surface area contributed by atoms with Crippen LogP contribution in [0.1, 0.15) is 52.4 Å². The van der Waals surface area contributed by atoms with Crippen molar-refractivity contribution in [3.05, 3.63) is 0 Å². The molecule has 0 saturated heterocycles. The Bertz CT molecular complexity index is 365. The molecule has 0 aromatic heterocycles. The van der Waals surface area contributed by atoms with Crippen LogP contribution in [-0.2, 0) is 4.79 Å². The van der Waals surface area contributed by atoms with E-state index in [1.165, 1.54) is 0 Å². The fourth-order valence-electron chi connectivity index (χ4n) is 2.65. The molecule has 0 aromatic rings. The first-order chi connectivity index (χ1) is 8.83. The molecular formula is C14H24N2O3. The number of rotatable bonds is 4. The second kappa shape index (κ2) is 5.02. The zero-order valence-corrected chi connectivity index (χ0v) is 11.8.